The van der Waals surface area contributed by atoms with Crippen molar-refractivity contribution in [3.63, 3.8) is 0 Å². The Balaban J connectivity index is 1.61. The molecule has 0 radical (unpaired) electrons. The zero-order chi connectivity index (χ0) is 23.4. The molecule has 8 heteroatoms. The Labute approximate surface area is 193 Å². The van der Waals surface area contributed by atoms with E-state index in [-0.39, 0.29) is 24.9 Å². The topological polar surface area (TPSA) is 87.7 Å². The summed E-state index contributed by atoms with van der Waals surface area (Å²) in [5, 5.41) is 6.36. The highest BCUT2D eigenvalue weighted by Crippen LogP contribution is 2.38. The van der Waals surface area contributed by atoms with Crippen molar-refractivity contribution < 1.29 is 19.1 Å². The van der Waals surface area contributed by atoms with E-state index in [1.54, 1.807) is 11.9 Å². The van der Waals surface area contributed by atoms with Crippen LogP contribution in [0.15, 0.2) is 12.1 Å². The third-order valence-electron chi connectivity index (χ3n) is 5.58. The van der Waals surface area contributed by atoms with Crippen LogP contribution in [-0.2, 0) is 27.2 Å². The normalized spacial score (nSPS) is 12.9. The lowest BCUT2D eigenvalue weighted by molar-refractivity contribution is -0.119. The Hall–Kier alpha value is -2.71. The summed E-state index contributed by atoms with van der Waals surface area (Å²) in [7, 11) is 3.07. The van der Waals surface area contributed by atoms with Gasteiger partial charge in [0.05, 0.1) is 25.8 Å². The number of methoxy groups -OCH3 is 1. The SMILES string of the molecule is COC(=O)c1c(NC(=O)CN(C)CC(=O)Nc2c(C)cc(C)cc2C)sc2c1CCCC2. The second-order valence-electron chi connectivity index (χ2n) is 8.45. The van der Waals surface area contributed by atoms with Crippen molar-refractivity contribution in [2.24, 2.45) is 0 Å². The van der Waals surface area contributed by atoms with Gasteiger partial charge in [0.2, 0.25) is 11.8 Å². The predicted octanol–water partition coefficient (Wildman–Crippen LogP) is 3.85. The van der Waals surface area contributed by atoms with Gasteiger partial charge in [0.1, 0.15) is 5.00 Å². The molecular formula is C24H31N3O4S. The van der Waals surface area contributed by atoms with E-state index in [9.17, 15) is 14.4 Å². The minimum Gasteiger partial charge on any atom is -0.465 e. The number of nitrogens with zero attached hydrogens (tertiary/aromatic N) is 1. The average molecular weight is 458 g/mol. The molecule has 3 rings (SSSR count). The van der Waals surface area contributed by atoms with Crippen LogP contribution in [0.5, 0.6) is 0 Å². The number of likely N-dealkylation sites (N-methyl/N-ethyl adjacent to an activating group) is 1. The molecule has 0 aliphatic heterocycles. The van der Waals surface area contributed by atoms with Gasteiger partial charge in [-0.1, -0.05) is 17.7 Å². The molecule has 2 aromatic rings. The molecule has 1 aliphatic carbocycles. The van der Waals surface area contributed by atoms with Crippen molar-refractivity contribution in [1.29, 1.82) is 0 Å². The van der Waals surface area contributed by atoms with Crippen molar-refractivity contribution in [1.82, 2.24) is 4.90 Å². The van der Waals surface area contributed by atoms with Gasteiger partial charge in [-0.2, -0.15) is 0 Å². The number of hydrogen-bond donors (Lipinski definition) is 2. The number of hydrogen-bond acceptors (Lipinski definition) is 6. The summed E-state index contributed by atoms with van der Waals surface area (Å²) in [5.41, 5.74) is 5.45. The van der Waals surface area contributed by atoms with Gasteiger partial charge < -0.3 is 15.4 Å². The molecule has 172 valence electrons. The largest absolute Gasteiger partial charge is 0.465 e. The number of amides is 2. The highest BCUT2D eigenvalue weighted by atomic mass is 32.1. The molecule has 0 spiro atoms. The lowest BCUT2D eigenvalue weighted by Gasteiger charge is -2.18. The molecule has 1 aromatic carbocycles. The first kappa shape index (κ1) is 23.9. The summed E-state index contributed by atoms with van der Waals surface area (Å²) in [6.45, 7) is 6.06. The molecular weight excluding hydrogens is 426 g/mol. The average Bonchev–Trinajstić information content (AvgIpc) is 3.07. The highest BCUT2D eigenvalue weighted by Gasteiger charge is 2.27. The van der Waals surface area contributed by atoms with Crippen LogP contribution in [-0.4, -0.2) is 49.9 Å². The van der Waals surface area contributed by atoms with E-state index in [0.717, 1.165) is 58.5 Å². The fourth-order valence-corrected chi connectivity index (χ4v) is 5.53. The Morgan fingerprint density at radius 3 is 2.22 bits per heavy atom. The second kappa shape index (κ2) is 10.3. The maximum Gasteiger partial charge on any atom is 0.341 e. The van der Waals surface area contributed by atoms with Gasteiger partial charge in [-0.05, 0) is 70.2 Å². The number of ether oxygens (including phenoxy) is 1. The number of carbonyl (C=O) groups excluding carboxylic acids is 3. The standard InChI is InChI=1S/C24H31N3O4S/c1-14-10-15(2)22(16(3)11-14)25-19(28)12-27(4)13-20(29)26-23-21(24(30)31-5)17-8-6-7-9-18(17)32-23/h10-11H,6-9,12-13H2,1-5H3,(H,25,28)(H,26,29). The quantitative estimate of drug-likeness (QED) is 0.617. The summed E-state index contributed by atoms with van der Waals surface area (Å²) in [4.78, 5) is 40.3. The Morgan fingerprint density at radius 1 is 1.00 bits per heavy atom. The number of rotatable bonds is 7. The molecule has 1 aliphatic rings. The second-order valence-corrected chi connectivity index (χ2v) is 9.55. The third-order valence-corrected chi connectivity index (χ3v) is 6.79. The number of fused-ring (bicyclic) bond motifs is 1. The van der Waals surface area contributed by atoms with E-state index in [4.69, 9.17) is 4.74 Å². The van der Waals surface area contributed by atoms with Gasteiger partial charge in [0.25, 0.3) is 0 Å². The number of aryl methyl sites for hydroxylation is 4. The van der Waals surface area contributed by atoms with Crippen LogP contribution in [0.4, 0.5) is 10.7 Å². The fourth-order valence-electron chi connectivity index (χ4n) is 4.24. The Kier molecular flexibility index (Phi) is 7.69. The van der Waals surface area contributed by atoms with E-state index >= 15 is 0 Å². The van der Waals surface area contributed by atoms with Crippen molar-refractivity contribution in [2.75, 3.05) is 37.9 Å². The number of nitrogens with one attached hydrogen (secondary N) is 2. The first-order valence-corrected chi connectivity index (χ1v) is 11.6. The van der Waals surface area contributed by atoms with Crippen LogP contribution in [0.3, 0.4) is 0 Å². The minimum atomic E-state index is -0.420. The molecule has 0 atom stereocenters. The monoisotopic (exact) mass is 457 g/mol. The van der Waals surface area contributed by atoms with Crippen molar-refractivity contribution >= 4 is 39.8 Å². The van der Waals surface area contributed by atoms with Gasteiger partial charge in [0.15, 0.2) is 0 Å². The number of esters is 1. The molecule has 32 heavy (non-hydrogen) atoms. The molecule has 0 fully saturated rings. The minimum absolute atomic E-state index is 0.0302. The van der Waals surface area contributed by atoms with Crippen LogP contribution in [0.25, 0.3) is 0 Å². The van der Waals surface area contributed by atoms with E-state index in [2.05, 4.69) is 10.6 Å². The fraction of sp³-hybridized carbons (Fsp3) is 0.458. The molecule has 1 aromatic heterocycles. The number of thiophene rings is 1. The summed E-state index contributed by atoms with van der Waals surface area (Å²) in [6, 6.07) is 4.05. The van der Waals surface area contributed by atoms with Crippen LogP contribution in [0, 0.1) is 20.8 Å². The summed E-state index contributed by atoms with van der Waals surface area (Å²) in [6.07, 6.45) is 3.85. The summed E-state index contributed by atoms with van der Waals surface area (Å²) >= 11 is 1.45. The third kappa shape index (κ3) is 5.55. The molecule has 2 amide bonds. The molecule has 1 heterocycles. The molecule has 0 saturated carbocycles. The van der Waals surface area contributed by atoms with Gasteiger partial charge in [-0.25, -0.2) is 4.79 Å². The van der Waals surface area contributed by atoms with Gasteiger partial charge in [-0.3, -0.25) is 14.5 Å². The maximum absolute atomic E-state index is 12.7. The van der Waals surface area contributed by atoms with E-state index in [0.29, 0.717) is 10.6 Å². The zero-order valence-electron chi connectivity index (χ0n) is 19.4. The van der Waals surface area contributed by atoms with Crippen molar-refractivity contribution in [3.8, 4) is 0 Å². The predicted molar refractivity (Wildman–Crippen MR) is 128 cm³/mol. The first-order chi connectivity index (χ1) is 15.2. The number of anilines is 2. The smallest absolute Gasteiger partial charge is 0.341 e. The van der Waals surface area contributed by atoms with Gasteiger partial charge in [0, 0.05) is 10.6 Å². The molecule has 7 nitrogen and oxygen atoms in total. The molecule has 0 bridgehead atoms. The van der Waals surface area contributed by atoms with Crippen LogP contribution in [0.2, 0.25) is 0 Å². The first-order valence-electron chi connectivity index (χ1n) is 10.8. The Morgan fingerprint density at radius 2 is 1.59 bits per heavy atom. The molecule has 0 saturated heterocycles. The zero-order valence-corrected chi connectivity index (χ0v) is 20.2. The van der Waals surface area contributed by atoms with E-state index < -0.39 is 5.97 Å². The van der Waals surface area contributed by atoms with Crippen molar-refractivity contribution in [2.45, 2.75) is 46.5 Å². The highest BCUT2D eigenvalue weighted by molar-refractivity contribution is 7.17. The number of carbonyl (C=O) groups is 3. The lowest BCUT2D eigenvalue weighted by atomic mass is 9.95. The summed E-state index contributed by atoms with van der Waals surface area (Å²) in [5.74, 6) is -0.875. The lowest BCUT2D eigenvalue weighted by Crippen LogP contribution is -2.36. The van der Waals surface area contributed by atoms with Crippen LogP contribution >= 0.6 is 11.3 Å². The molecule has 2 N–H and O–H groups in total. The number of benzene rings is 1. The van der Waals surface area contributed by atoms with Crippen LogP contribution in [0.1, 0.15) is 50.3 Å². The van der Waals surface area contributed by atoms with Gasteiger partial charge >= 0.3 is 5.97 Å². The Bertz CT molecular complexity index is 1020. The van der Waals surface area contributed by atoms with E-state index in [1.807, 2.05) is 32.9 Å². The summed E-state index contributed by atoms with van der Waals surface area (Å²) < 4.78 is 4.95. The van der Waals surface area contributed by atoms with E-state index in [1.165, 1.54) is 18.4 Å². The van der Waals surface area contributed by atoms with Gasteiger partial charge in [-0.15, -0.1) is 11.3 Å². The van der Waals surface area contributed by atoms with Crippen molar-refractivity contribution in [3.05, 3.63) is 44.8 Å². The van der Waals surface area contributed by atoms with Crippen LogP contribution < -0.4 is 10.6 Å². The maximum atomic E-state index is 12.7. The molecule has 0 unspecified atom stereocenters.